The molecule has 1 fully saturated rings. The van der Waals surface area contributed by atoms with Crippen molar-refractivity contribution in [3.05, 3.63) is 40.2 Å². The number of aromatic hydroxyl groups is 1. The van der Waals surface area contributed by atoms with Crippen LogP contribution in [0.5, 0.6) is 5.75 Å². The first-order valence-electron chi connectivity index (χ1n) is 8.46. The second kappa shape index (κ2) is 4.86. The highest BCUT2D eigenvalue weighted by molar-refractivity contribution is 6.11. The predicted molar refractivity (Wildman–Crippen MR) is 91.2 cm³/mol. The number of hydrogen-bond acceptors (Lipinski definition) is 3. The molecule has 0 spiro atoms. The van der Waals surface area contributed by atoms with Crippen LogP contribution in [0.4, 0.5) is 0 Å². The Kier molecular flexibility index (Phi) is 3.40. The molecule has 3 rings (SSSR count). The Morgan fingerprint density at radius 3 is 2.35 bits per heavy atom. The van der Waals surface area contributed by atoms with E-state index >= 15 is 0 Å². The van der Waals surface area contributed by atoms with Gasteiger partial charge in [0.25, 0.3) is 0 Å². The maximum atomic E-state index is 12.7. The lowest BCUT2D eigenvalue weighted by Crippen LogP contribution is -2.43. The minimum Gasteiger partial charge on any atom is -0.508 e. The molecule has 0 saturated heterocycles. The zero-order valence-electron chi connectivity index (χ0n) is 14.7. The van der Waals surface area contributed by atoms with Crippen LogP contribution in [-0.2, 0) is 5.41 Å². The summed E-state index contributed by atoms with van der Waals surface area (Å²) in [6.07, 6.45) is 2.95. The molecule has 0 heterocycles. The molecule has 3 nitrogen and oxygen atoms in total. The molecule has 1 atom stereocenters. The number of rotatable bonds is 1. The molecule has 2 aliphatic carbocycles. The minimum absolute atomic E-state index is 0.110. The summed E-state index contributed by atoms with van der Waals surface area (Å²) in [6, 6.07) is 3.54. The lowest BCUT2D eigenvalue weighted by molar-refractivity contribution is 0.0940. The number of phenolic OH excluding ortho intramolecular Hbond substituents is 1. The van der Waals surface area contributed by atoms with Crippen LogP contribution in [0.2, 0.25) is 0 Å². The molecule has 2 N–H and O–H groups in total. The number of hydrogen-bond donors (Lipinski definition) is 2. The molecule has 2 aliphatic rings. The third-order valence-electron chi connectivity index (χ3n) is 5.79. The van der Waals surface area contributed by atoms with Crippen LogP contribution in [0, 0.1) is 5.41 Å². The number of phenols is 1. The number of aliphatic hydroxyl groups excluding tert-OH is 1. The summed E-state index contributed by atoms with van der Waals surface area (Å²) in [5.74, 6) is -0.143. The van der Waals surface area contributed by atoms with Crippen molar-refractivity contribution in [1.82, 2.24) is 0 Å². The van der Waals surface area contributed by atoms with E-state index in [0.29, 0.717) is 5.56 Å². The summed E-state index contributed by atoms with van der Waals surface area (Å²) in [7, 11) is 0. The maximum absolute atomic E-state index is 12.7. The maximum Gasteiger partial charge on any atom is 0.227 e. The van der Waals surface area contributed by atoms with E-state index in [2.05, 4.69) is 20.8 Å². The Bertz CT molecular complexity index is 725. The average molecular weight is 314 g/mol. The van der Waals surface area contributed by atoms with Gasteiger partial charge in [0.05, 0.1) is 0 Å². The second-order valence-electron chi connectivity index (χ2n) is 8.23. The first-order valence-corrected chi connectivity index (χ1v) is 8.46. The molecule has 1 unspecified atom stereocenters. The molecule has 3 heteroatoms. The van der Waals surface area contributed by atoms with Crippen molar-refractivity contribution in [3.63, 3.8) is 0 Å². The Balaban J connectivity index is 2.33. The van der Waals surface area contributed by atoms with Crippen molar-refractivity contribution in [2.24, 2.45) is 5.41 Å². The summed E-state index contributed by atoms with van der Waals surface area (Å²) in [4.78, 5) is 12.7. The van der Waals surface area contributed by atoms with Gasteiger partial charge in [-0.1, -0.05) is 47.1 Å². The third kappa shape index (κ3) is 2.13. The zero-order valence-corrected chi connectivity index (χ0v) is 14.7. The monoisotopic (exact) mass is 314 g/mol. The smallest absolute Gasteiger partial charge is 0.227 e. The quantitative estimate of drug-likeness (QED) is 0.767. The van der Waals surface area contributed by atoms with Gasteiger partial charge < -0.3 is 10.2 Å². The summed E-state index contributed by atoms with van der Waals surface area (Å²) in [6.45, 7) is 10.4. The Labute approximate surface area is 138 Å². The van der Waals surface area contributed by atoms with Gasteiger partial charge in [0.1, 0.15) is 5.75 Å². The number of ketones is 1. The SMILES string of the molecule is CC(C)c1cc2c(cc1O)C(=O)C(O)=C1C(C)(C)CCCC12C. The highest BCUT2D eigenvalue weighted by Crippen LogP contribution is 2.56. The largest absolute Gasteiger partial charge is 0.508 e. The van der Waals surface area contributed by atoms with Crippen LogP contribution in [0.3, 0.4) is 0 Å². The van der Waals surface area contributed by atoms with Crippen molar-refractivity contribution in [2.45, 2.75) is 65.2 Å². The predicted octanol–water partition coefficient (Wildman–Crippen LogP) is 4.99. The van der Waals surface area contributed by atoms with E-state index in [4.69, 9.17) is 0 Å². The average Bonchev–Trinajstić information content (AvgIpc) is 2.43. The summed E-state index contributed by atoms with van der Waals surface area (Å²) >= 11 is 0. The van der Waals surface area contributed by atoms with E-state index in [-0.39, 0.29) is 34.0 Å². The van der Waals surface area contributed by atoms with Crippen LogP contribution in [0.25, 0.3) is 0 Å². The van der Waals surface area contributed by atoms with Crippen LogP contribution < -0.4 is 0 Å². The summed E-state index contributed by atoms with van der Waals surface area (Å²) in [5, 5.41) is 20.9. The van der Waals surface area contributed by atoms with E-state index in [0.717, 1.165) is 36.0 Å². The Morgan fingerprint density at radius 1 is 1.09 bits per heavy atom. The van der Waals surface area contributed by atoms with Crippen molar-refractivity contribution in [3.8, 4) is 5.75 Å². The number of aliphatic hydroxyl groups is 1. The lowest BCUT2D eigenvalue weighted by Gasteiger charge is -2.49. The number of fused-ring (bicyclic) bond motifs is 3. The van der Waals surface area contributed by atoms with Crippen molar-refractivity contribution < 1.29 is 15.0 Å². The fourth-order valence-corrected chi connectivity index (χ4v) is 4.68. The van der Waals surface area contributed by atoms with E-state index in [1.54, 1.807) is 6.07 Å². The summed E-state index contributed by atoms with van der Waals surface area (Å²) in [5.41, 5.74) is 2.61. The zero-order chi connectivity index (χ0) is 17.2. The van der Waals surface area contributed by atoms with Crippen LogP contribution >= 0.6 is 0 Å². The summed E-state index contributed by atoms with van der Waals surface area (Å²) < 4.78 is 0. The van der Waals surface area contributed by atoms with Gasteiger partial charge >= 0.3 is 0 Å². The molecule has 1 saturated carbocycles. The first kappa shape index (κ1) is 16.1. The molecule has 0 amide bonds. The van der Waals surface area contributed by atoms with Crippen LogP contribution in [0.15, 0.2) is 23.5 Å². The molecule has 1 aromatic carbocycles. The molecule has 1 aromatic rings. The highest BCUT2D eigenvalue weighted by Gasteiger charge is 2.50. The van der Waals surface area contributed by atoms with Crippen molar-refractivity contribution >= 4 is 5.78 Å². The molecule has 0 bridgehead atoms. The van der Waals surface area contributed by atoms with E-state index in [1.165, 1.54) is 0 Å². The topological polar surface area (TPSA) is 57.5 Å². The van der Waals surface area contributed by atoms with Gasteiger partial charge in [0, 0.05) is 11.0 Å². The van der Waals surface area contributed by atoms with Gasteiger partial charge in [-0.15, -0.1) is 0 Å². The van der Waals surface area contributed by atoms with Gasteiger partial charge in [0.15, 0.2) is 5.76 Å². The highest BCUT2D eigenvalue weighted by atomic mass is 16.3. The van der Waals surface area contributed by atoms with Gasteiger partial charge in [-0.2, -0.15) is 0 Å². The number of carbonyl (C=O) groups excluding carboxylic acids is 1. The van der Waals surface area contributed by atoms with Crippen LogP contribution in [-0.4, -0.2) is 16.0 Å². The lowest BCUT2D eigenvalue weighted by atomic mass is 9.54. The Morgan fingerprint density at radius 2 is 1.74 bits per heavy atom. The molecule has 0 aliphatic heterocycles. The van der Waals surface area contributed by atoms with Crippen molar-refractivity contribution in [1.29, 1.82) is 0 Å². The third-order valence-corrected chi connectivity index (χ3v) is 5.79. The van der Waals surface area contributed by atoms with Gasteiger partial charge in [-0.25, -0.2) is 0 Å². The number of benzene rings is 1. The van der Waals surface area contributed by atoms with Gasteiger partial charge in [-0.3, -0.25) is 4.79 Å². The fraction of sp³-hybridized carbons (Fsp3) is 0.550. The number of allylic oxidation sites excluding steroid dienone is 2. The molecular formula is C20H26O3. The minimum atomic E-state index is -0.354. The Hall–Kier alpha value is -1.77. The van der Waals surface area contributed by atoms with Gasteiger partial charge in [0.2, 0.25) is 5.78 Å². The van der Waals surface area contributed by atoms with Crippen molar-refractivity contribution in [2.75, 3.05) is 0 Å². The number of Topliss-reactive ketones (excluding diaryl/α,β-unsaturated/α-hetero) is 1. The van der Waals surface area contributed by atoms with Crippen LogP contribution in [0.1, 0.15) is 81.3 Å². The van der Waals surface area contributed by atoms with Gasteiger partial charge in [-0.05, 0) is 46.9 Å². The molecular weight excluding hydrogens is 288 g/mol. The first-order chi connectivity index (χ1) is 10.6. The molecule has 0 aromatic heterocycles. The fourth-order valence-electron chi connectivity index (χ4n) is 4.68. The van der Waals surface area contributed by atoms with E-state index in [1.807, 2.05) is 19.9 Å². The molecule has 124 valence electrons. The number of carbonyl (C=O) groups is 1. The normalized spacial score (nSPS) is 26.3. The van der Waals surface area contributed by atoms with E-state index in [9.17, 15) is 15.0 Å². The standard InChI is InChI=1S/C20H26O3/c1-11(2)12-9-14-13(10-15(12)21)16(22)17(23)18-19(3,4)7-6-8-20(14,18)5/h9-11,21,23H,6-8H2,1-5H3. The van der Waals surface area contributed by atoms with E-state index < -0.39 is 0 Å². The molecule has 0 radical (unpaired) electrons. The second-order valence-corrected chi connectivity index (χ2v) is 8.23. The molecule has 23 heavy (non-hydrogen) atoms.